The van der Waals surface area contributed by atoms with Crippen molar-refractivity contribution in [2.24, 2.45) is 11.8 Å². The summed E-state index contributed by atoms with van der Waals surface area (Å²) in [5, 5.41) is 3.22. The van der Waals surface area contributed by atoms with Gasteiger partial charge in [-0.15, -0.1) is 0 Å². The molecule has 1 aliphatic carbocycles. The number of hydrogen-bond donors (Lipinski definition) is 1. The zero-order valence-electron chi connectivity index (χ0n) is 9.40. The molecule has 0 bridgehead atoms. The van der Waals surface area contributed by atoms with Gasteiger partial charge in [-0.05, 0) is 31.7 Å². The molecule has 0 radical (unpaired) electrons. The first-order chi connectivity index (χ1) is 6.89. The molecular formula is C11H20F3N. The van der Waals surface area contributed by atoms with Crippen molar-refractivity contribution < 1.29 is 13.2 Å². The maximum atomic E-state index is 12.5. The summed E-state index contributed by atoms with van der Waals surface area (Å²) in [6.07, 6.45) is -1.71. The molecule has 1 aliphatic rings. The number of alkyl halides is 3. The van der Waals surface area contributed by atoms with Gasteiger partial charge in [0.2, 0.25) is 0 Å². The topological polar surface area (TPSA) is 12.0 Å². The second-order valence-corrected chi connectivity index (χ2v) is 4.83. The number of rotatable bonds is 3. The summed E-state index contributed by atoms with van der Waals surface area (Å²) in [6.45, 7) is 4.76. The lowest BCUT2D eigenvalue weighted by molar-refractivity contribution is -0.185. The molecule has 0 aromatic rings. The van der Waals surface area contributed by atoms with Crippen LogP contribution in [-0.2, 0) is 0 Å². The van der Waals surface area contributed by atoms with Gasteiger partial charge in [0.05, 0.1) is 5.92 Å². The van der Waals surface area contributed by atoms with Crippen molar-refractivity contribution in [3.8, 4) is 0 Å². The van der Waals surface area contributed by atoms with Crippen LogP contribution in [0.25, 0.3) is 0 Å². The maximum absolute atomic E-state index is 12.5. The van der Waals surface area contributed by atoms with E-state index in [9.17, 15) is 13.2 Å². The average molecular weight is 223 g/mol. The second-order valence-electron chi connectivity index (χ2n) is 4.83. The summed E-state index contributed by atoms with van der Waals surface area (Å²) < 4.78 is 37.5. The molecule has 1 N–H and O–H groups in total. The fourth-order valence-electron chi connectivity index (χ4n) is 2.18. The number of halogens is 3. The fraction of sp³-hybridized carbons (Fsp3) is 1.00. The predicted molar refractivity (Wildman–Crippen MR) is 54.6 cm³/mol. The average Bonchev–Trinajstić information content (AvgIpc) is 2.14. The van der Waals surface area contributed by atoms with Gasteiger partial charge in [-0.2, -0.15) is 13.2 Å². The Kier molecular flexibility index (Phi) is 4.44. The van der Waals surface area contributed by atoms with Gasteiger partial charge in [-0.3, -0.25) is 0 Å². The van der Waals surface area contributed by atoms with Gasteiger partial charge in [0.1, 0.15) is 0 Å². The van der Waals surface area contributed by atoms with Crippen molar-refractivity contribution in [1.82, 2.24) is 5.32 Å². The minimum Gasteiger partial charge on any atom is -0.314 e. The third kappa shape index (κ3) is 4.41. The summed E-state index contributed by atoms with van der Waals surface area (Å²) >= 11 is 0. The van der Waals surface area contributed by atoms with Crippen LogP contribution < -0.4 is 5.32 Å². The van der Waals surface area contributed by atoms with Crippen molar-refractivity contribution in [2.75, 3.05) is 6.54 Å². The van der Waals surface area contributed by atoms with Crippen molar-refractivity contribution in [3.63, 3.8) is 0 Å². The zero-order valence-corrected chi connectivity index (χ0v) is 9.40. The summed E-state index contributed by atoms with van der Waals surface area (Å²) in [4.78, 5) is 0. The van der Waals surface area contributed by atoms with E-state index in [1.807, 2.05) is 13.8 Å². The van der Waals surface area contributed by atoms with Gasteiger partial charge in [0.25, 0.3) is 0 Å². The monoisotopic (exact) mass is 223 g/mol. The quantitative estimate of drug-likeness (QED) is 0.773. The zero-order chi connectivity index (χ0) is 11.5. The Bertz CT molecular complexity index is 189. The van der Waals surface area contributed by atoms with Gasteiger partial charge in [-0.1, -0.05) is 20.3 Å². The predicted octanol–water partition coefficient (Wildman–Crippen LogP) is 3.35. The van der Waals surface area contributed by atoms with Crippen LogP contribution in [0.15, 0.2) is 0 Å². The van der Waals surface area contributed by atoms with Gasteiger partial charge in [-0.25, -0.2) is 0 Å². The van der Waals surface area contributed by atoms with Crippen molar-refractivity contribution in [3.05, 3.63) is 0 Å². The van der Waals surface area contributed by atoms with Gasteiger partial charge >= 0.3 is 6.18 Å². The Hall–Kier alpha value is -0.250. The van der Waals surface area contributed by atoms with Crippen molar-refractivity contribution >= 4 is 0 Å². The van der Waals surface area contributed by atoms with Crippen LogP contribution in [-0.4, -0.2) is 18.8 Å². The first-order valence-electron chi connectivity index (χ1n) is 5.69. The highest BCUT2D eigenvalue weighted by atomic mass is 19.4. The molecule has 1 saturated carbocycles. The molecule has 1 fully saturated rings. The van der Waals surface area contributed by atoms with Crippen LogP contribution >= 0.6 is 0 Å². The highest BCUT2D eigenvalue weighted by molar-refractivity contribution is 4.79. The van der Waals surface area contributed by atoms with Crippen LogP contribution in [0.5, 0.6) is 0 Å². The van der Waals surface area contributed by atoms with E-state index in [1.165, 1.54) is 0 Å². The van der Waals surface area contributed by atoms with E-state index < -0.39 is 12.1 Å². The van der Waals surface area contributed by atoms with Crippen LogP contribution in [0.2, 0.25) is 0 Å². The van der Waals surface area contributed by atoms with Crippen LogP contribution in [0.1, 0.15) is 39.5 Å². The Balaban J connectivity index is 2.36. The Morgan fingerprint density at radius 2 is 1.93 bits per heavy atom. The Morgan fingerprint density at radius 3 is 2.47 bits per heavy atom. The molecule has 0 aromatic carbocycles. The van der Waals surface area contributed by atoms with Crippen LogP contribution in [0, 0.1) is 11.8 Å². The largest absolute Gasteiger partial charge is 0.391 e. The smallest absolute Gasteiger partial charge is 0.314 e. The SMILES string of the molecule is CC(C)NCC1CCCC(C(F)(F)F)C1. The molecule has 0 aliphatic heterocycles. The first-order valence-corrected chi connectivity index (χ1v) is 5.69. The highest BCUT2D eigenvalue weighted by Crippen LogP contribution is 2.39. The molecule has 0 amide bonds. The van der Waals surface area contributed by atoms with E-state index in [2.05, 4.69) is 5.32 Å². The standard InChI is InChI=1S/C11H20F3N/c1-8(2)15-7-9-4-3-5-10(6-9)11(12,13)14/h8-10,15H,3-7H2,1-2H3. The normalized spacial score (nSPS) is 28.4. The molecule has 0 aromatic heterocycles. The van der Waals surface area contributed by atoms with Gasteiger partial charge < -0.3 is 5.32 Å². The van der Waals surface area contributed by atoms with Crippen LogP contribution in [0.3, 0.4) is 0 Å². The molecule has 90 valence electrons. The Labute approximate surface area is 89.4 Å². The molecule has 0 spiro atoms. The van der Waals surface area contributed by atoms with E-state index in [0.717, 1.165) is 13.0 Å². The first kappa shape index (κ1) is 12.8. The summed E-state index contributed by atoms with van der Waals surface area (Å²) in [5.74, 6) is -0.863. The lowest BCUT2D eigenvalue weighted by Crippen LogP contribution is -2.35. The van der Waals surface area contributed by atoms with Gasteiger partial charge in [0, 0.05) is 6.04 Å². The summed E-state index contributed by atoms with van der Waals surface area (Å²) in [7, 11) is 0. The highest BCUT2D eigenvalue weighted by Gasteiger charge is 2.41. The molecule has 1 rings (SSSR count). The minimum atomic E-state index is -3.99. The van der Waals surface area contributed by atoms with Crippen molar-refractivity contribution in [1.29, 1.82) is 0 Å². The molecule has 2 unspecified atom stereocenters. The van der Waals surface area contributed by atoms with Gasteiger partial charge in [0.15, 0.2) is 0 Å². The molecule has 0 heterocycles. The number of nitrogens with one attached hydrogen (secondary N) is 1. The van der Waals surface area contributed by atoms with E-state index in [0.29, 0.717) is 25.3 Å². The Morgan fingerprint density at radius 1 is 1.27 bits per heavy atom. The second kappa shape index (κ2) is 5.19. The third-order valence-corrected chi connectivity index (χ3v) is 3.06. The van der Waals surface area contributed by atoms with E-state index in [-0.39, 0.29) is 5.92 Å². The van der Waals surface area contributed by atoms with Crippen LogP contribution in [0.4, 0.5) is 13.2 Å². The molecule has 2 atom stereocenters. The van der Waals surface area contributed by atoms with E-state index >= 15 is 0 Å². The maximum Gasteiger partial charge on any atom is 0.391 e. The minimum absolute atomic E-state index is 0.202. The molecule has 0 saturated heterocycles. The summed E-state index contributed by atoms with van der Waals surface area (Å²) in [6, 6.07) is 0.358. The molecular weight excluding hydrogens is 203 g/mol. The van der Waals surface area contributed by atoms with Crippen molar-refractivity contribution in [2.45, 2.75) is 51.7 Å². The number of hydrogen-bond acceptors (Lipinski definition) is 1. The molecule has 4 heteroatoms. The lowest BCUT2D eigenvalue weighted by atomic mass is 9.81. The summed E-state index contributed by atoms with van der Waals surface area (Å²) in [5.41, 5.74) is 0. The molecule has 1 nitrogen and oxygen atoms in total. The van der Waals surface area contributed by atoms with E-state index in [1.54, 1.807) is 0 Å². The molecule has 15 heavy (non-hydrogen) atoms. The lowest BCUT2D eigenvalue weighted by Gasteiger charge is -2.31. The fourth-order valence-corrected chi connectivity index (χ4v) is 2.18. The third-order valence-electron chi connectivity index (χ3n) is 3.06. The van der Waals surface area contributed by atoms with E-state index in [4.69, 9.17) is 0 Å².